The van der Waals surface area contributed by atoms with E-state index in [2.05, 4.69) is 22.3 Å². The Morgan fingerprint density at radius 1 is 1.14 bits per heavy atom. The Bertz CT molecular complexity index is 1610. The van der Waals surface area contributed by atoms with Gasteiger partial charge in [0.25, 0.3) is 11.5 Å². The highest BCUT2D eigenvalue weighted by molar-refractivity contribution is 5.98. The molecule has 2 N–H and O–H groups in total. The van der Waals surface area contributed by atoms with Crippen LogP contribution in [-0.4, -0.2) is 37.1 Å². The second-order valence-corrected chi connectivity index (χ2v) is 9.03. The average Bonchev–Trinajstić information content (AvgIpc) is 3.15. The first-order chi connectivity index (χ1) is 17.2. The van der Waals surface area contributed by atoms with E-state index in [1.165, 1.54) is 27.2 Å². The van der Waals surface area contributed by atoms with Crippen LogP contribution < -0.4 is 21.9 Å². The summed E-state index contributed by atoms with van der Waals surface area (Å²) >= 11 is 0. The minimum Gasteiger partial charge on any atom is -0.352 e. The Balaban J connectivity index is 1.81. The zero-order valence-corrected chi connectivity index (χ0v) is 20.4. The molecule has 2 aromatic carbocycles. The smallest absolute Gasteiger partial charge is 0.352 e. The molecule has 0 fully saturated rings. The first kappa shape index (κ1) is 24.6. The number of hydrogen-bond donors (Lipinski definition) is 2. The third-order valence-corrected chi connectivity index (χ3v) is 5.62. The molecule has 2 aromatic heterocycles. The Kier molecular flexibility index (Phi) is 6.86. The van der Waals surface area contributed by atoms with Gasteiger partial charge in [-0.25, -0.2) is 13.9 Å². The number of nitrogens with zero attached hydrogens (tertiary/aromatic N) is 4. The molecule has 36 heavy (non-hydrogen) atoms. The summed E-state index contributed by atoms with van der Waals surface area (Å²) < 4.78 is 3.56. The number of nitrogens with one attached hydrogen (secondary N) is 2. The Labute approximate surface area is 206 Å². The number of carbonyl (C=O) groups excluding carboxylic acids is 2. The van der Waals surface area contributed by atoms with E-state index in [1.807, 2.05) is 39.0 Å². The predicted octanol–water partition coefficient (Wildman–Crippen LogP) is 2.33. The monoisotopic (exact) mass is 488 g/mol. The van der Waals surface area contributed by atoms with Crippen molar-refractivity contribution >= 4 is 34.2 Å². The lowest BCUT2D eigenvalue weighted by Gasteiger charge is -2.10. The molecule has 0 saturated heterocycles. The molecule has 4 rings (SSSR count). The van der Waals surface area contributed by atoms with Crippen LogP contribution in [-0.2, 0) is 17.9 Å². The molecule has 10 nitrogen and oxygen atoms in total. The standard InChI is InChI=1S/C26H28N6O4/c1-5-11-30-24(35)20-10-9-18(23(34)27-14-16(2)3)13-21(20)32-25(30)29-31(26(32)36)15-22(33)28-19-8-6-7-17(4)12-19/h5-10,12-13,16H,1,11,14-15H2,2-4H3,(H,27,34)(H,28,33). The van der Waals surface area contributed by atoms with E-state index < -0.39 is 11.6 Å². The lowest BCUT2D eigenvalue weighted by molar-refractivity contribution is -0.117. The highest BCUT2D eigenvalue weighted by atomic mass is 16.2. The second kappa shape index (κ2) is 10.0. The fourth-order valence-electron chi connectivity index (χ4n) is 3.91. The number of aromatic nitrogens is 4. The zero-order chi connectivity index (χ0) is 26.0. The minimum atomic E-state index is -0.605. The topological polar surface area (TPSA) is 120 Å². The van der Waals surface area contributed by atoms with Crippen molar-refractivity contribution in [3.05, 3.63) is 87.1 Å². The molecule has 2 amide bonds. The van der Waals surface area contributed by atoms with Crippen molar-refractivity contribution in [2.24, 2.45) is 5.92 Å². The second-order valence-electron chi connectivity index (χ2n) is 9.03. The summed E-state index contributed by atoms with van der Waals surface area (Å²) in [6.07, 6.45) is 1.52. The highest BCUT2D eigenvalue weighted by Gasteiger charge is 2.20. The Hall–Kier alpha value is -4.47. The molecule has 0 atom stereocenters. The van der Waals surface area contributed by atoms with Crippen molar-refractivity contribution < 1.29 is 9.59 Å². The molecule has 0 aliphatic carbocycles. The van der Waals surface area contributed by atoms with Crippen molar-refractivity contribution in [3.63, 3.8) is 0 Å². The number of fused-ring (bicyclic) bond motifs is 3. The Morgan fingerprint density at radius 2 is 1.92 bits per heavy atom. The van der Waals surface area contributed by atoms with Gasteiger partial charge in [-0.05, 0) is 48.7 Å². The number of hydrogen-bond acceptors (Lipinski definition) is 5. The van der Waals surface area contributed by atoms with Crippen molar-refractivity contribution in [1.82, 2.24) is 24.1 Å². The predicted molar refractivity (Wildman–Crippen MR) is 138 cm³/mol. The molecule has 10 heteroatoms. The van der Waals surface area contributed by atoms with Crippen LogP contribution in [0.15, 0.2) is 64.7 Å². The molecule has 0 unspecified atom stereocenters. The molecule has 0 spiro atoms. The van der Waals surface area contributed by atoms with Crippen molar-refractivity contribution in [2.75, 3.05) is 11.9 Å². The summed E-state index contributed by atoms with van der Waals surface area (Å²) in [4.78, 5) is 51.9. The molecule has 0 aliphatic heterocycles. The molecule has 186 valence electrons. The molecule has 2 heterocycles. The van der Waals surface area contributed by atoms with Gasteiger partial charge in [-0.3, -0.25) is 19.0 Å². The van der Waals surface area contributed by atoms with Gasteiger partial charge in [0, 0.05) is 24.3 Å². The van der Waals surface area contributed by atoms with Crippen molar-refractivity contribution in [2.45, 2.75) is 33.9 Å². The van der Waals surface area contributed by atoms with Gasteiger partial charge < -0.3 is 10.6 Å². The van der Waals surface area contributed by atoms with E-state index in [9.17, 15) is 19.2 Å². The third-order valence-electron chi connectivity index (χ3n) is 5.62. The van der Waals surface area contributed by atoms with E-state index in [0.717, 1.165) is 10.2 Å². The van der Waals surface area contributed by atoms with Crippen LogP contribution in [0.2, 0.25) is 0 Å². The summed E-state index contributed by atoms with van der Waals surface area (Å²) in [6.45, 7) is 9.80. The highest BCUT2D eigenvalue weighted by Crippen LogP contribution is 2.15. The van der Waals surface area contributed by atoms with Crippen LogP contribution in [0.3, 0.4) is 0 Å². The van der Waals surface area contributed by atoms with E-state index in [4.69, 9.17) is 0 Å². The van der Waals surface area contributed by atoms with E-state index in [1.54, 1.807) is 12.1 Å². The molecule has 4 aromatic rings. The fraction of sp³-hybridized carbons (Fsp3) is 0.269. The number of allylic oxidation sites excluding steroid dienone is 1. The molecule has 0 radical (unpaired) electrons. The number of rotatable bonds is 8. The SMILES string of the molecule is C=CCn1c(=O)c2ccc(C(=O)NCC(C)C)cc2n2c(=O)n(CC(=O)Nc3cccc(C)c3)nc12. The molecule has 0 saturated carbocycles. The number of amides is 2. The molecular weight excluding hydrogens is 460 g/mol. The van der Waals surface area contributed by atoms with Gasteiger partial charge in [0.15, 0.2) is 0 Å². The van der Waals surface area contributed by atoms with Crippen molar-refractivity contribution in [3.8, 4) is 0 Å². The largest absolute Gasteiger partial charge is 0.352 e. The maximum absolute atomic E-state index is 13.4. The van der Waals surface area contributed by atoms with Crippen LogP contribution in [0.4, 0.5) is 5.69 Å². The third kappa shape index (κ3) is 4.83. The van der Waals surface area contributed by atoms with Gasteiger partial charge in [-0.2, -0.15) is 0 Å². The summed E-state index contributed by atoms with van der Waals surface area (Å²) in [5.41, 5.74) is 1.14. The van der Waals surface area contributed by atoms with Crippen molar-refractivity contribution in [1.29, 1.82) is 0 Å². The van der Waals surface area contributed by atoms with Gasteiger partial charge in [0.2, 0.25) is 11.7 Å². The maximum Gasteiger partial charge on any atom is 0.352 e. The lowest BCUT2D eigenvalue weighted by Crippen LogP contribution is -2.30. The molecule has 0 bridgehead atoms. The quantitative estimate of drug-likeness (QED) is 0.369. The normalized spacial score (nSPS) is 11.2. The van der Waals surface area contributed by atoms with E-state index >= 15 is 0 Å². The summed E-state index contributed by atoms with van der Waals surface area (Å²) in [7, 11) is 0. The van der Waals surface area contributed by atoms with Crippen LogP contribution in [0, 0.1) is 12.8 Å². The number of anilines is 1. The maximum atomic E-state index is 13.4. The molecule has 0 aliphatic rings. The van der Waals surface area contributed by atoms with Gasteiger partial charge in [0.1, 0.15) is 6.54 Å². The first-order valence-corrected chi connectivity index (χ1v) is 11.6. The summed E-state index contributed by atoms with van der Waals surface area (Å²) in [5, 5.41) is 10.1. The van der Waals surface area contributed by atoms with Gasteiger partial charge in [-0.15, -0.1) is 11.7 Å². The van der Waals surface area contributed by atoms with E-state index in [-0.39, 0.29) is 47.2 Å². The minimum absolute atomic E-state index is 0.0560. The fourth-order valence-corrected chi connectivity index (χ4v) is 3.91. The number of aryl methyl sites for hydroxylation is 1. The lowest BCUT2D eigenvalue weighted by atomic mass is 10.1. The van der Waals surface area contributed by atoms with Gasteiger partial charge in [-0.1, -0.05) is 32.1 Å². The van der Waals surface area contributed by atoms with Crippen LogP contribution in [0.25, 0.3) is 16.7 Å². The summed E-state index contributed by atoms with van der Waals surface area (Å²) in [5.74, 6) is -0.437. The number of carbonyl (C=O) groups is 2. The summed E-state index contributed by atoms with van der Waals surface area (Å²) in [6, 6.07) is 11.9. The Morgan fingerprint density at radius 3 is 2.61 bits per heavy atom. The van der Waals surface area contributed by atoms with E-state index in [0.29, 0.717) is 17.8 Å². The van der Waals surface area contributed by atoms with Crippen LogP contribution in [0.1, 0.15) is 29.8 Å². The van der Waals surface area contributed by atoms with Gasteiger partial charge >= 0.3 is 5.69 Å². The zero-order valence-electron chi connectivity index (χ0n) is 20.4. The first-order valence-electron chi connectivity index (χ1n) is 11.6. The molecular formula is C26H28N6O4. The van der Waals surface area contributed by atoms with Crippen LogP contribution in [0.5, 0.6) is 0 Å². The van der Waals surface area contributed by atoms with Gasteiger partial charge in [0.05, 0.1) is 10.9 Å². The van der Waals surface area contributed by atoms with Crippen LogP contribution >= 0.6 is 0 Å². The average molecular weight is 489 g/mol. The number of benzene rings is 2.